The van der Waals surface area contributed by atoms with Crippen molar-refractivity contribution in [1.29, 1.82) is 0 Å². The van der Waals surface area contributed by atoms with E-state index in [2.05, 4.69) is 32.1 Å². The van der Waals surface area contributed by atoms with E-state index in [-0.39, 0.29) is 17.4 Å². The lowest BCUT2D eigenvalue weighted by Crippen LogP contribution is -2.29. The highest BCUT2D eigenvalue weighted by Gasteiger charge is 2.31. The third-order valence-electron chi connectivity index (χ3n) is 5.14. The van der Waals surface area contributed by atoms with Gasteiger partial charge in [0.15, 0.2) is 0 Å². The number of nitrogens with zero attached hydrogens (tertiary/aromatic N) is 6. The lowest BCUT2D eigenvalue weighted by atomic mass is 10.0. The summed E-state index contributed by atoms with van der Waals surface area (Å²) in [5.41, 5.74) is 17.0. The van der Waals surface area contributed by atoms with Crippen LogP contribution >= 0.6 is 0 Å². The summed E-state index contributed by atoms with van der Waals surface area (Å²) in [5, 5.41) is 7.11. The van der Waals surface area contributed by atoms with Crippen molar-refractivity contribution in [2.45, 2.75) is 31.8 Å². The maximum atomic E-state index is 13.4. The smallest absolute Gasteiger partial charge is 0.262 e. The van der Waals surface area contributed by atoms with Crippen molar-refractivity contribution in [1.82, 2.24) is 14.5 Å². The number of benzene rings is 1. The largest absolute Gasteiger partial charge is 0.393 e. The molecule has 1 saturated carbocycles. The first-order chi connectivity index (χ1) is 14.6. The monoisotopic (exact) mass is 404 g/mol. The van der Waals surface area contributed by atoms with Crippen LogP contribution in [-0.4, -0.2) is 14.5 Å². The third-order valence-corrected chi connectivity index (χ3v) is 5.14. The van der Waals surface area contributed by atoms with Gasteiger partial charge in [0.2, 0.25) is 0 Å². The van der Waals surface area contributed by atoms with E-state index in [0.717, 1.165) is 18.4 Å². The van der Waals surface area contributed by atoms with Gasteiger partial charge in [0.05, 0.1) is 17.1 Å². The molecule has 2 heterocycles. The van der Waals surface area contributed by atoms with Gasteiger partial charge in [-0.15, -0.1) is 0 Å². The number of nitrogens with one attached hydrogen (secondary N) is 1. The van der Waals surface area contributed by atoms with Gasteiger partial charge in [0, 0.05) is 22.2 Å². The Labute approximate surface area is 171 Å². The molecule has 10 heteroatoms. The Morgan fingerprint density at radius 3 is 2.97 bits per heavy atom. The number of hydrogen-bond donors (Lipinski definition) is 2. The van der Waals surface area contributed by atoms with E-state index in [0.29, 0.717) is 28.0 Å². The molecule has 3 N–H and O–H groups in total. The number of hydrogen-bond acceptors (Lipinski definition) is 7. The number of fused-ring (bicyclic) bond motifs is 1. The Hall–Kier alpha value is -3.88. The predicted octanol–water partition coefficient (Wildman–Crippen LogP) is 3.64. The quantitative estimate of drug-likeness (QED) is 0.266. The summed E-state index contributed by atoms with van der Waals surface area (Å²) in [5.74, 6) is 0.817. The summed E-state index contributed by atoms with van der Waals surface area (Å²) >= 11 is 0. The van der Waals surface area contributed by atoms with Crippen molar-refractivity contribution in [2.24, 2.45) is 11.0 Å². The average Bonchev–Trinajstić information content (AvgIpc) is 3.58. The van der Waals surface area contributed by atoms with Gasteiger partial charge in [-0.3, -0.25) is 4.79 Å². The second kappa shape index (κ2) is 7.86. The minimum Gasteiger partial charge on any atom is -0.393 e. The van der Waals surface area contributed by atoms with Crippen molar-refractivity contribution in [3.63, 3.8) is 0 Å². The fourth-order valence-electron chi connectivity index (χ4n) is 3.61. The maximum absolute atomic E-state index is 13.4. The lowest BCUT2D eigenvalue weighted by molar-refractivity contribution is 0.336. The molecule has 10 nitrogen and oxygen atoms in total. The summed E-state index contributed by atoms with van der Waals surface area (Å²) in [4.78, 5) is 29.7. The molecule has 0 radical (unpaired) electrons. The van der Waals surface area contributed by atoms with E-state index in [1.54, 1.807) is 22.8 Å². The molecule has 0 amide bonds. The van der Waals surface area contributed by atoms with Crippen molar-refractivity contribution in [3.05, 3.63) is 81.1 Å². The number of anilines is 1. The zero-order valence-electron chi connectivity index (χ0n) is 16.3. The van der Waals surface area contributed by atoms with Crippen LogP contribution in [0.15, 0.2) is 53.4 Å². The molecular weight excluding hydrogens is 384 g/mol. The van der Waals surface area contributed by atoms with Crippen LogP contribution < -0.4 is 21.4 Å². The number of aromatic nitrogens is 3. The molecule has 2 aromatic heterocycles. The van der Waals surface area contributed by atoms with E-state index in [4.69, 9.17) is 16.1 Å². The average molecular weight is 404 g/mol. The van der Waals surface area contributed by atoms with Crippen LogP contribution in [0.5, 0.6) is 5.75 Å². The number of azide groups is 1. The number of nitrogens with two attached hydrogens (primary N) is 1. The molecule has 1 unspecified atom stereocenters. The van der Waals surface area contributed by atoms with Crippen LogP contribution in [0.3, 0.4) is 0 Å². The van der Waals surface area contributed by atoms with E-state index < -0.39 is 6.04 Å². The van der Waals surface area contributed by atoms with Crippen LogP contribution in [0.25, 0.3) is 21.2 Å². The van der Waals surface area contributed by atoms with Crippen LogP contribution in [0.4, 0.5) is 5.82 Å². The van der Waals surface area contributed by atoms with Crippen LogP contribution in [0, 0.1) is 6.92 Å². The summed E-state index contributed by atoms with van der Waals surface area (Å²) in [7, 11) is 0. The van der Waals surface area contributed by atoms with Crippen molar-refractivity contribution < 1.29 is 4.84 Å². The topological polar surface area (TPSA) is 144 Å². The molecule has 152 valence electrons. The minimum absolute atomic E-state index is 0.0587. The predicted molar refractivity (Wildman–Crippen MR) is 113 cm³/mol. The number of pyridine rings is 1. The zero-order valence-corrected chi connectivity index (χ0v) is 16.3. The molecule has 1 aliphatic rings. The summed E-state index contributed by atoms with van der Waals surface area (Å²) in [6, 6.07) is 6.40. The fraction of sp³-hybridized carbons (Fsp3) is 0.250. The summed E-state index contributed by atoms with van der Waals surface area (Å²) in [6.07, 6.45) is 4.74. The first-order valence-electron chi connectivity index (χ1n) is 9.41. The first kappa shape index (κ1) is 19.4. The molecule has 0 aliphatic heterocycles. The fourth-order valence-corrected chi connectivity index (χ4v) is 3.61. The Kier molecular flexibility index (Phi) is 5.09. The van der Waals surface area contributed by atoms with E-state index in [9.17, 15) is 4.79 Å². The second-order valence-corrected chi connectivity index (χ2v) is 7.02. The van der Waals surface area contributed by atoms with Crippen molar-refractivity contribution in [2.75, 3.05) is 5.32 Å². The molecule has 1 fully saturated rings. The molecule has 0 saturated heterocycles. The minimum atomic E-state index is -0.641. The third kappa shape index (κ3) is 3.34. The van der Waals surface area contributed by atoms with E-state index in [1.165, 1.54) is 12.5 Å². The molecule has 0 spiro atoms. The van der Waals surface area contributed by atoms with Crippen molar-refractivity contribution >= 4 is 16.6 Å². The van der Waals surface area contributed by atoms with E-state index >= 15 is 0 Å². The Morgan fingerprint density at radius 1 is 1.47 bits per heavy atom. The SMILES string of the molecule is C=CNc1ncnc(C(N)c2cc3cccc(ON=[N+]=[N-])c3c(=O)n2C2CC2)c1C. The molecule has 4 rings (SSSR count). The number of rotatable bonds is 7. The van der Waals surface area contributed by atoms with Crippen LogP contribution in [0.1, 0.15) is 41.9 Å². The highest BCUT2D eigenvalue weighted by atomic mass is 16.6. The van der Waals surface area contributed by atoms with Crippen LogP contribution in [-0.2, 0) is 0 Å². The van der Waals surface area contributed by atoms with Gasteiger partial charge in [-0.05, 0) is 49.0 Å². The molecular formula is C20H20N8O2. The Morgan fingerprint density at radius 2 is 2.27 bits per heavy atom. The van der Waals surface area contributed by atoms with Gasteiger partial charge >= 0.3 is 0 Å². The standard InChI is InChI=1S/C20H20N8O2/c1-3-23-19-11(2)18(24-10-25-19)17(21)14-9-12-5-4-6-15(30-27-26-22)16(12)20(29)28(14)13-7-8-13/h3-6,9-10,13,17H,1,7-8,21H2,2H3,(H,23,24,25). The van der Waals surface area contributed by atoms with E-state index in [1.807, 2.05) is 13.0 Å². The second-order valence-electron chi connectivity index (χ2n) is 7.02. The summed E-state index contributed by atoms with van der Waals surface area (Å²) in [6.45, 7) is 5.53. The van der Waals surface area contributed by atoms with Crippen LogP contribution in [0.2, 0.25) is 0 Å². The van der Waals surface area contributed by atoms with Gasteiger partial charge in [-0.2, -0.15) is 0 Å². The molecule has 3 aromatic rings. The first-order valence-corrected chi connectivity index (χ1v) is 9.41. The van der Waals surface area contributed by atoms with Crippen molar-refractivity contribution in [3.8, 4) is 5.75 Å². The normalized spacial score (nSPS) is 14.1. The highest BCUT2D eigenvalue weighted by Crippen LogP contribution is 2.38. The van der Waals surface area contributed by atoms with Gasteiger partial charge < -0.3 is 20.5 Å². The zero-order chi connectivity index (χ0) is 21.3. The van der Waals surface area contributed by atoms with Gasteiger partial charge in [0.1, 0.15) is 23.2 Å². The maximum Gasteiger partial charge on any atom is 0.262 e. The molecule has 1 aromatic carbocycles. The molecule has 1 aliphatic carbocycles. The Balaban J connectivity index is 1.92. The molecule has 0 bridgehead atoms. The lowest BCUT2D eigenvalue weighted by Gasteiger charge is -2.21. The van der Waals surface area contributed by atoms with Gasteiger partial charge in [0.25, 0.3) is 5.56 Å². The molecule has 1 atom stereocenters. The summed E-state index contributed by atoms with van der Waals surface area (Å²) < 4.78 is 1.71. The van der Waals surface area contributed by atoms with Gasteiger partial charge in [-0.1, -0.05) is 18.7 Å². The highest BCUT2D eigenvalue weighted by molar-refractivity contribution is 5.88. The van der Waals surface area contributed by atoms with Gasteiger partial charge in [-0.25, -0.2) is 9.97 Å². The Bertz CT molecular complexity index is 1240. The molecule has 30 heavy (non-hydrogen) atoms.